The highest BCUT2D eigenvalue weighted by atomic mass is 35.5. The van der Waals surface area contributed by atoms with E-state index in [1.165, 1.54) is 12.1 Å². The van der Waals surface area contributed by atoms with Crippen LogP contribution in [0.25, 0.3) is 0 Å². The first-order chi connectivity index (χ1) is 12.5. The van der Waals surface area contributed by atoms with E-state index in [2.05, 4.69) is 10.0 Å². The minimum absolute atomic E-state index is 0. The number of nitrogens with two attached hydrogens (primary N) is 1. The van der Waals surface area contributed by atoms with Crippen molar-refractivity contribution in [3.8, 4) is 5.75 Å². The predicted molar refractivity (Wildman–Crippen MR) is 106 cm³/mol. The molecule has 1 amide bonds. The summed E-state index contributed by atoms with van der Waals surface area (Å²) < 4.78 is 32.5. The fourth-order valence-corrected chi connectivity index (χ4v) is 3.66. The van der Waals surface area contributed by atoms with Gasteiger partial charge >= 0.3 is 0 Å². The molecule has 27 heavy (non-hydrogen) atoms. The maximum atomic E-state index is 12.4. The average Bonchev–Trinajstić information content (AvgIpc) is 3.44. The largest absolute Gasteiger partial charge is 0.492 e. The van der Waals surface area contributed by atoms with Crippen LogP contribution in [0.2, 0.25) is 0 Å². The lowest BCUT2D eigenvalue weighted by Gasteiger charge is -2.09. The lowest BCUT2D eigenvalue weighted by molar-refractivity contribution is 0.102. The molecule has 0 saturated heterocycles. The van der Waals surface area contributed by atoms with Crippen molar-refractivity contribution in [2.75, 3.05) is 18.5 Å². The average molecular weight is 412 g/mol. The summed E-state index contributed by atoms with van der Waals surface area (Å²) in [6.07, 6.45) is 1.70. The number of rotatable bonds is 8. The van der Waals surface area contributed by atoms with Crippen molar-refractivity contribution in [3.63, 3.8) is 0 Å². The van der Waals surface area contributed by atoms with Gasteiger partial charge in [-0.1, -0.05) is 6.07 Å². The smallest absolute Gasteiger partial charge is 0.255 e. The topological polar surface area (TPSA) is 111 Å². The molecule has 0 atom stereocenters. The van der Waals surface area contributed by atoms with E-state index in [4.69, 9.17) is 10.5 Å². The van der Waals surface area contributed by atoms with Gasteiger partial charge < -0.3 is 15.8 Å². The molecule has 0 radical (unpaired) electrons. The molecule has 0 bridgehead atoms. The highest BCUT2D eigenvalue weighted by molar-refractivity contribution is 7.89. The number of hydrogen-bond acceptors (Lipinski definition) is 5. The van der Waals surface area contributed by atoms with Gasteiger partial charge in [0.15, 0.2) is 0 Å². The number of sulfonamides is 1. The van der Waals surface area contributed by atoms with Crippen molar-refractivity contribution in [2.24, 2.45) is 5.73 Å². The normalized spacial score (nSPS) is 13.5. The molecule has 0 heterocycles. The molecular weight excluding hydrogens is 390 g/mol. The Morgan fingerprint density at radius 2 is 1.85 bits per heavy atom. The van der Waals surface area contributed by atoms with Crippen molar-refractivity contribution in [2.45, 2.75) is 23.8 Å². The first-order valence-corrected chi connectivity index (χ1v) is 9.83. The highest BCUT2D eigenvalue weighted by Crippen LogP contribution is 2.23. The second-order valence-corrected chi connectivity index (χ2v) is 7.75. The van der Waals surface area contributed by atoms with E-state index in [0.717, 1.165) is 12.8 Å². The van der Waals surface area contributed by atoms with Crippen molar-refractivity contribution in [1.82, 2.24) is 4.72 Å². The Morgan fingerprint density at radius 3 is 2.48 bits per heavy atom. The second-order valence-electron chi connectivity index (χ2n) is 6.04. The molecule has 1 aliphatic carbocycles. The maximum absolute atomic E-state index is 12.4. The Kier molecular flexibility index (Phi) is 7.20. The summed E-state index contributed by atoms with van der Waals surface area (Å²) in [5, 5.41) is 2.74. The number of carbonyl (C=O) groups is 1. The Morgan fingerprint density at radius 1 is 1.15 bits per heavy atom. The summed E-state index contributed by atoms with van der Waals surface area (Å²) in [5.74, 6) is 0.275. The number of nitrogens with one attached hydrogen (secondary N) is 2. The summed E-state index contributed by atoms with van der Waals surface area (Å²) in [6, 6.07) is 12.9. The Hall–Kier alpha value is -2.13. The van der Waals surface area contributed by atoms with Gasteiger partial charge in [-0.2, -0.15) is 0 Å². The number of hydrogen-bond donors (Lipinski definition) is 3. The summed E-state index contributed by atoms with van der Waals surface area (Å²) in [7, 11) is -3.60. The van der Waals surface area contributed by atoms with Crippen LogP contribution < -0.4 is 20.5 Å². The molecular formula is C18H22ClN3O4S. The maximum Gasteiger partial charge on any atom is 0.255 e. The first-order valence-electron chi connectivity index (χ1n) is 8.34. The van der Waals surface area contributed by atoms with Gasteiger partial charge in [-0.15, -0.1) is 12.4 Å². The van der Waals surface area contributed by atoms with Crippen molar-refractivity contribution in [3.05, 3.63) is 54.1 Å². The van der Waals surface area contributed by atoms with Crippen molar-refractivity contribution >= 4 is 34.0 Å². The van der Waals surface area contributed by atoms with Crippen LogP contribution in [0.5, 0.6) is 5.75 Å². The molecule has 0 aromatic heterocycles. The molecule has 1 fully saturated rings. The van der Waals surface area contributed by atoms with E-state index in [1.54, 1.807) is 36.4 Å². The van der Waals surface area contributed by atoms with Crippen molar-refractivity contribution < 1.29 is 17.9 Å². The number of amides is 1. The fraction of sp³-hybridized carbons (Fsp3) is 0.278. The van der Waals surface area contributed by atoms with Gasteiger partial charge in [0, 0.05) is 23.8 Å². The fourth-order valence-electron chi connectivity index (χ4n) is 2.31. The molecule has 0 aliphatic heterocycles. The van der Waals surface area contributed by atoms with Crippen molar-refractivity contribution in [1.29, 1.82) is 0 Å². The third-order valence-electron chi connectivity index (χ3n) is 3.80. The zero-order valence-corrected chi connectivity index (χ0v) is 16.2. The van der Waals surface area contributed by atoms with Crippen LogP contribution in [0.15, 0.2) is 53.4 Å². The minimum Gasteiger partial charge on any atom is -0.492 e. The van der Waals surface area contributed by atoms with Crippen LogP contribution in [-0.2, 0) is 10.0 Å². The van der Waals surface area contributed by atoms with Crippen LogP contribution in [0.4, 0.5) is 5.69 Å². The molecule has 2 aromatic carbocycles. The minimum atomic E-state index is -3.60. The van der Waals surface area contributed by atoms with Gasteiger partial charge in [0.1, 0.15) is 12.4 Å². The molecule has 1 aliphatic rings. The molecule has 9 heteroatoms. The van der Waals surface area contributed by atoms with Crippen LogP contribution in [0, 0.1) is 0 Å². The summed E-state index contributed by atoms with van der Waals surface area (Å²) in [5.41, 5.74) is 6.23. The van der Waals surface area contributed by atoms with E-state index < -0.39 is 10.0 Å². The second kappa shape index (κ2) is 9.18. The zero-order valence-electron chi connectivity index (χ0n) is 14.6. The Balaban J connectivity index is 0.00000261. The highest BCUT2D eigenvalue weighted by Gasteiger charge is 2.28. The zero-order chi connectivity index (χ0) is 18.6. The van der Waals surface area contributed by atoms with E-state index in [9.17, 15) is 13.2 Å². The molecule has 0 spiro atoms. The van der Waals surface area contributed by atoms with Crippen LogP contribution in [0.3, 0.4) is 0 Å². The van der Waals surface area contributed by atoms with Gasteiger partial charge in [-0.05, 0) is 55.3 Å². The number of anilines is 1. The standard InChI is InChI=1S/C18H21N3O4S.ClH/c19-10-11-25-16-8-6-14(7-9-16)20-18(22)13-2-1-3-17(12-13)26(23,24)21-15-4-5-15;/h1-3,6-9,12,15,21H,4-5,10-11,19H2,(H,20,22);1H. The van der Waals surface area contributed by atoms with Crippen LogP contribution >= 0.6 is 12.4 Å². The van der Waals surface area contributed by atoms with Gasteiger partial charge in [0.05, 0.1) is 4.90 Å². The molecule has 0 unspecified atom stereocenters. The molecule has 2 aromatic rings. The quantitative estimate of drug-likeness (QED) is 0.616. The van der Waals surface area contributed by atoms with E-state index in [-0.39, 0.29) is 34.8 Å². The lowest BCUT2D eigenvalue weighted by Crippen LogP contribution is -2.26. The van der Waals surface area contributed by atoms with Gasteiger partial charge in [0.25, 0.3) is 5.91 Å². The van der Waals surface area contributed by atoms with Gasteiger partial charge in [0.2, 0.25) is 10.0 Å². The first kappa shape index (κ1) is 21.2. The van der Waals surface area contributed by atoms with Gasteiger partial charge in [-0.3, -0.25) is 4.79 Å². The predicted octanol–water partition coefficient (Wildman–Crippen LogP) is 2.14. The molecule has 146 valence electrons. The van der Waals surface area contributed by atoms with E-state index >= 15 is 0 Å². The molecule has 1 saturated carbocycles. The Labute approximate surface area is 164 Å². The number of ether oxygens (including phenoxy) is 1. The number of benzene rings is 2. The van der Waals surface area contributed by atoms with Crippen LogP contribution in [0.1, 0.15) is 23.2 Å². The SMILES string of the molecule is Cl.NCCOc1ccc(NC(=O)c2cccc(S(=O)(=O)NC3CC3)c2)cc1. The number of carbonyl (C=O) groups excluding carboxylic acids is 1. The number of halogens is 1. The summed E-state index contributed by atoms with van der Waals surface area (Å²) in [6.45, 7) is 0.842. The third-order valence-corrected chi connectivity index (χ3v) is 5.32. The monoisotopic (exact) mass is 411 g/mol. The molecule has 3 rings (SSSR count). The molecule has 7 nitrogen and oxygen atoms in total. The lowest BCUT2D eigenvalue weighted by atomic mass is 10.2. The Bertz CT molecular complexity index is 884. The van der Waals surface area contributed by atoms with Gasteiger partial charge in [-0.25, -0.2) is 13.1 Å². The summed E-state index contributed by atoms with van der Waals surface area (Å²) >= 11 is 0. The summed E-state index contributed by atoms with van der Waals surface area (Å²) in [4.78, 5) is 12.5. The van der Waals surface area contributed by atoms with E-state index in [1.807, 2.05) is 0 Å². The van der Waals surface area contributed by atoms with E-state index in [0.29, 0.717) is 24.6 Å². The third kappa shape index (κ3) is 5.93. The van der Waals surface area contributed by atoms with Crippen LogP contribution in [-0.4, -0.2) is 33.5 Å². The molecule has 4 N–H and O–H groups in total.